The Labute approximate surface area is 197 Å². The highest BCUT2D eigenvalue weighted by molar-refractivity contribution is 5.98. The third-order valence-corrected chi connectivity index (χ3v) is 6.02. The van der Waals surface area contributed by atoms with Crippen LogP contribution in [0.4, 0.5) is 0 Å². The van der Waals surface area contributed by atoms with E-state index < -0.39 is 18.1 Å². The van der Waals surface area contributed by atoms with E-state index in [4.69, 9.17) is 10.5 Å². The SMILES string of the molecule is CCOC(CO)(c1ccccc1)c1nc(C(N)=O)cc2ccc(-c3cc(C)c(=O)n(C)c3)cc12. The summed E-state index contributed by atoms with van der Waals surface area (Å²) < 4.78 is 7.73. The molecule has 0 radical (unpaired) electrons. The van der Waals surface area contributed by atoms with Gasteiger partial charge in [0.1, 0.15) is 5.69 Å². The molecule has 2 aromatic carbocycles. The number of aliphatic hydroxyl groups is 1. The van der Waals surface area contributed by atoms with Crippen molar-refractivity contribution in [2.75, 3.05) is 13.2 Å². The van der Waals surface area contributed by atoms with E-state index >= 15 is 0 Å². The third-order valence-electron chi connectivity index (χ3n) is 6.02. The molecule has 7 heteroatoms. The summed E-state index contributed by atoms with van der Waals surface area (Å²) in [6, 6.07) is 18.5. The molecular formula is C27H27N3O4. The van der Waals surface area contributed by atoms with Crippen molar-refractivity contribution >= 4 is 16.7 Å². The second-order valence-corrected chi connectivity index (χ2v) is 8.27. The van der Waals surface area contributed by atoms with Crippen molar-refractivity contribution in [3.05, 3.63) is 99.7 Å². The van der Waals surface area contributed by atoms with E-state index in [1.807, 2.05) is 61.5 Å². The van der Waals surface area contributed by atoms with Crippen LogP contribution in [0.3, 0.4) is 0 Å². The Morgan fingerprint density at radius 2 is 1.85 bits per heavy atom. The maximum absolute atomic E-state index is 12.2. The number of carbonyl (C=O) groups is 1. The van der Waals surface area contributed by atoms with Crippen LogP contribution >= 0.6 is 0 Å². The lowest BCUT2D eigenvalue weighted by atomic mass is 9.86. The van der Waals surface area contributed by atoms with Gasteiger partial charge in [-0.3, -0.25) is 9.59 Å². The zero-order valence-electron chi connectivity index (χ0n) is 19.4. The highest BCUT2D eigenvalue weighted by Gasteiger charge is 2.38. The first-order valence-electron chi connectivity index (χ1n) is 11.0. The fourth-order valence-corrected chi connectivity index (χ4v) is 4.35. The number of nitrogens with two attached hydrogens (primary N) is 1. The van der Waals surface area contributed by atoms with Gasteiger partial charge < -0.3 is 20.1 Å². The lowest BCUT2D eigenvalue weighted by molar-refractivity contribution is -0.0514. The number of ether oxygens (including phenoxy) is 1. The first-order chi connectivity index (χ1) is 16.3. The Morgan fingerprint density at radius 1 is 1.12 bits per heavy atom. The van der Waals surface area contributed by atoms with Crippen LogP contribution in [0.15, 0.2) is 71.7 Å². The van der Waals surface area contributed by atoms with Gasteiger partial charge in [0.25, 0.3) is 11.5 Å². The van der Waals surface area contributed by atoms with E-state index in [1.54, 1.807) is 30.8 Å². The Morgan fingerprint density at radius 3 is 2.47 bits per heavy atom. The van der Waals surface area contributed by atoms with Crippen LogP contribution in [0.25, 0.3) is 21.9 Å². The highest BCUT2D eigenvalue weighted by atomic mass is 16.5. The summed E-state index contributed by atoms with van der Waals surface area (Å²) in [7, 11) is 1.72. The largest absolute Gasteiger partial charge is 0.393 e. The first kappa shape index (κ1) is 23.4. The van der Waals surface area contributed by atoms with Crippen molar-refractivity contribution in [3.63, 3.8) is 0 Å². The Kier molecular flexibility index (Phi) is 6.32. The molecule has 2 heterocycles. The second kappa shape index (κ2) is 9.21. The number of hydrogen-bond donors (Lipinski definition) is 2. The summed E-state index contributed by atoms with van der Waals surface area (Å²) in [5.41, 5.74) is 7.78. The summed E-state index contributed by atoms with van der Waals surface area (Å²) in [5, 5.41) is 12.1. The Bertz CT molecular complexity index is 1400. The molecule has 3 N–H and O–H groups in total. The molecule has 34 heavy (non-hydrogen) atoms. The van der Waals surface area contributed by atoms with Crippen LogP contribution in [0, 0.1) is 6.92 Å². The molecule has 0 fully saturated rings. The van der Waals surface area contributed by atoms with Crippen molar-refractivity contribution in [3.8, 4) is 11.1 Å². The van der Waals surface area contributed by atoms with Crippen LogP contribution < -0.4 is 11.3 Å². The minimum absolute atomic E-state index is 0.0577. The molecule has 4 aromatic rings. The smallest absolute Gasteiger partial charge is 0.267 e. The van der Waals surface area contributed by atoms with E-state index in [0.717, 1.165) is 16.5 Å². The molecule has 1 amide bonds. The second-order valence-electron chi connectivity index (χ2n) is 8.27. The summed E-state index contributed by atoms with van der Waals surface area (Å²) in [6.45, 7) is 3.53. The molecule has 0 spiro atoms. The molecule has 0 aliphatic carbocycles. The minimum atomic E-state index is -1.31. The van der Waals surface area contributed by atoms with Crippen molar-refractivity contribution in [1.82, 2.24) is 9.55 Å². The number of fused-ring (bicyclic) bond motifs is 1. The molecule has 0 saturated carbocycles. The van der Waals surface area contributed by atoms with Gasteiger partial charge in [-0.2, -0.15) is 0 Å². The van der Waals surface area contributed by atoms with Crippen molar-refractivity contribution in [2.24, 2.45) is 12.8 Å². The number of aryl methyl sites for hydroxylation is 2. The molecule has 174 valence electrons. The minimum Gasteiger partial charge on any atom is -0.393 e. The number of nitrogens with zero attached hydrogens (tertiary/aromatic N) is 2. The maximum Gasteiger partial charge on any atom is 0.267 e. The zero-order chi connectivity index (χ0) is 24.5. The molecule has 0 aliphatic rings. The average molecular weight is 458 g/mol. The molecular weight excluding hydrogens is 430 g/mol. The van der Waals surface area contributed by atoms with Crippen LogP contribution in [0.5, 0.6) is 0 Å². The third kappa shape index (κ3) is 4.00. The van der Waals surface area contributed by atoms with E-state index in [1.165, 1.54) is 0 Å². The summed E-state index contributed by atoms with van der Waals surface area (Å²) in [4.78, 5) is 28.9. The van der Waals surface area contributed by atoms with E-state index in [2.05, 4.69) is 4.98 Å². The van der Waals surface area contributed by atoms with Gasteiger partial charge in [0.05, 0.1) is 12.3 Å². The standard InChI is InChI=1S/C27H27N3O4/c1-4-34-27(16-31,21-8-6-5-7-9-21)24-22-13-18(20-12-17(2)26(33)30(3)15-20)10-11-19(22)14-23(29-24)25(28)32/h5-15,31H,4,16H2,1-3H3,(H2,28,32). The number of aromatic nitrogens is 2. The van der Waals surface area contributed by atoms with Crippen LogP contribution in [-0.4, -0.2) is 33.8 Å². The van der Waals surface area contributed by atoms with Crippen molar-refractivity contribution in [1.29, 1.82) is 0 Å². The lowest BCUT2D eigenvalue weighted by Gasteiger charge is -2.33. The predicted octanol–water partition coefficient (Wildman–Crippen LogP) is 3.28. The Hall–Kier alpha value is -3.81. The number of primary amides is 1. The average Bonchev–Trinajstić information content (AvgIpc) is 2.85. The number of rotatable bonds is 7. The molecule has 7 nitrogen and oxygen atoms in total. The van der Waals surface area contributed by atoms with Gasteiger partial charge in [0, 0.05) is 30.8 Å². The van der Waals surface area contributed by atoms with Gasteiger partial charge in [0.2, 0.25) is 0 Å². The first-order valence-corrected chi connectivity index (χ1v) is 11.0. The van der Waals surface area contributed by atoms with Gasteiger partial charge in [0.15, 0.2) is 5.60 Å². The molecule has 0 aliphatic heterocycles. The quantitative estimate of drug-likeness (QED) is 0.443. The summed E-state index contributed by atoms with van der Waals surface area (Å²) >= 11 is 0. The highest BCUT2D eigenvalue weighted by Crippen LogP contribution is 2.38. The number of aliphatic hydroxyl groups excluding tert-OH is 1. The normalized spacial score (nSPS) is 13.1. The number of carbonyl (C=O) groups excluding carboxylic acids is 1. The fraction of sp³-hybridized carbons (Fsp3) is 0.222. The van der Waals surface area contributed by atoms with Gasteiger partial charge >= 0.3 is 0 Å². The van der Waals surface area contributed by atoms with E-state index in [9.17, 15) is 14.7 Å². The van der Waals surface area contributed by atoms with Crippen LogP contribution in [0.1, 0.15) is 34.2 Å². The fourth-order valence-electron chi connectivity index (χ4n) is 4.35. The topological polar surface area (TPSA) is 107 Å². The lowest BCUT2D eigenvalue weighted by Crippen LogP contribution is -2.37. The molecule has 2 aromatic heterocycles. The molecule has 1 atom stereocenters. The maximum atomic E-state index is 12.2. The number of benzene rings is 2. The number of amides is 1. The number of pyridine rings is 2. The zero-order valence-corrected chi connectivity index (χ0v) is 19.4. The Balaban J connectivity index is 2.07. The van der Waals surface area contributed by atoms with E-state index in [-0.39, 0.29) is 11.3 Å². The van der Waals surface area contributed by atoms with Crippen molar-refractivity contribution in [2.45, 2.75) is 19.4 Å². The predicted molar refractivity (Wildman–Crippen MR) is 132 cm³/mol. The van der Waals surface area contributed by atoms with Gasteiger partial charge in [-0.05, 0) is 54.1 Å². The van der Waals surface area contributed by atoms with Gasteiger partial charge in [-0.15, -0.1) is 0 Å². The molecule has 4 rings (SSSR count). The molecule has 0 bridgehead atoms. The van der Waals surface area contributed by atoms with Gasteiger partial charge in [-0.25, -0.2) is 4.98 Å². The molecule has 0 saturated heterocycles. The van der Waals surface area contributed by atoms with Gasteiger partial charge in [-0.1, -0.05) is 42.5 Å². The van der Waals surface area contributed by atoms with Crippen LogP contribution in [-0.2, 0) is 17.4 Å². The van der Waals surface area contributed by atoms with Crippen molar-refractivity contribution < 1.29 is 14.6 Å². The summed E-state index contributed by atoms with van der Waals surface area (Å²) in [5.74, 6) is -0.669. The van der Waals surface area contributed by atoms with E-state index in [0.29, 0.717) is 28.8 Å². The van der Waals surface area contributed by atoms with Crippen LogP contribution in [0.2, 0.25) is 0 Å². The molecule has 1 unspecified atom stereocenters. The number of hydrogen-bond acceptors (Lipinski definition) is 5. The summed E-state index contributed by atoms with van der Waals surface area (Å²) in [6.07, 6.45) is 1.78. The monoisotopic (exact) mass is 457 g/mol.